The summed E-state index contributed by atoms with van der Waals surface area (Å²) in [5, 5.41) is 23.2. The van der Waals surface area contributed by atoms with Crippen molar-refractivity contribution in [2.75, 3.05) is 32.1 Å². The van der Waals surface area contributed by atoms with Crippen molar-refractivity contribution in [3.63, 3.8) is 0 Å². The molecule has 6 N–H and O–H groups in total. The number of carbonyl (C=O) groups is 3. The number of anilines is 1. The van der Waals surface area contributed by atoms with Gasteiger partial charge in [-0.2, -0.15) is 18.6 Å². The number of carboxylic acid groups (broad SMARTS) is 1. The van der Waals surface area contributed by atoms with Crippen LogP contribution in [0.25, 0.3) is 10.8 Å². The van der Waals surface area contributed by atoms with Crippen LogP contribution in [0.4, 0.5) is 17.1 Å². The maximum Gasteiger partial charge on any atom is 0.303 e. The van der Waals surface area contributed by atoms with Crippen LogP contribution < -0.4 is 15.5 Å². The number of hydrogen-bond donors (Lipinski definition) is 5. The summed E-state index contributed by atoms with van der Waals surface area (Å²) in [6, 6.07) is 14.1. The lowest BCUT2D eigenvalue weighted by molar-refractivity contribution is -0.572. The van der Waals surface area contributed by atoms with Crippen LogP contribution in [0.1, 0.15) is 57.9 Å². The number of nitrogens with zero attached hydrogens (tertiary/aromatic N) is 3. The fourth-order valence-corrected chi connectivity index (χ4v) is 6.16. The van der Waals surface area contributed by atoms with Crippen LogP contribution in [0.2, 0.25) is 0 Å². The SMILES string of the molecule is CN(C)c1ccc(N=NCC(C)(C)c2c([NH2+]CCCCCC(=O)O)ccc3c(SO)cc(S(=O)(=O)O)cc23)cc1.O=C1CCC(=O)N1. The molecule has 1 aliphatic rings. The van der Waals surface area contributed by atoms with Gasteiger partial charge < -0.3 is 19.9 Å². The lowest BCUT2D eigenvalue weighted by atomic mass is 9.80. The zero-order chi connectivity index (χ0) is 34.8. The van der Waals surface area contributed by atoms with Crippen LogP contribution in [0.15, 0.2) is 68.6 Å². The number of amides is 2. The van der Waals surface area contributed by atoms with E-state index in [2.05, 4.69) is 20.9 Å². The van der Waals surface area contributed by atoms with Gasteiger partial charge in [0.05, 0.1) is 23.7 Å². The molecule has 0 spiro atoms. The summed E-state index contributed by atoms with van der Waals surface area (Å²) in [5.74, 6) is -1.10. The van der Waals surface area contributed by atoms with Crippen LogP contribution >= 0.6 is 12.0 Å². The summed E-state index contributed by atoms with van der Waals surface area (Å²) in [7, 11) is -0.606. The molecule has 0 bridgehead atoms. The van der Waals surface area contributed by atoms with Gasteiger partial charge in [0.2, 0.25) is 11.8 Å². The van der Waals surface area contributed by atoms with E-state index in [1.165, 1.54) is 12.1 Å². The highest BCUT2D eigenvalue weighted by molar-refractivity contribution is 7.94. The molecular formula is C32H42N5O8S2+. The number of quaternary nitrogens is 1. The van der Waals surface area contributed by atoms with Gasteiger partial charge in [0.1, 0.15) is 5.69 Å². The van der Waals surface area contributed by atoms with Crippen molar-refractivity contribution in [2.45, 2.75) is 67.6 Å². The molecule has 1 aliphatic heterocycles. The first-order valence-electron chi connectivity index (χ1n) is 15.0. The van der Waals surface area contributed by atoms with E-state index in [0.29, 0.717) is 65.8 Å². The Hall–Kier alpha value is -3.89. The van der Waals surface area contributed by atoms with Gasteiger partial charge in [-0.05, 0) is 78.6 Å². The number of carbonyl (C=O) groups excluding carboxylic acids is 2. The molecule has 1 fully saturated rings. The molecule has 2 amide bonds. The van der Waals surface area contributed by atoms with Crippen LogP contribution in [-0.2, 0) is 29.9 Å². The summed E-state index contributed by atoms with van der Waals surface area (Å²) < 4.78 is 43.9. The van der Waals surface area contributed by atoms with Gasteiger partial charge in [0, 0.05) is 67.0 Å². The predicted octanol–water partition coefficient (Wildman–Crippen LogP) is 5.04. The van der Waals surface area contributed by atoms with Gasteiger partial charge in [-0.25, -0.2) is 0 Å². The Morgan fingerprint density at radius 1 is 1.00 bits per heavy atom. The third kappa shape index (κ3) is 11.1. The van der Waals surface area contributed by atoms with Gasteiger partial charge in [-0.1, -0.05) is 13.8 Å². The van der Waals surface area contributed by atoms with E-state index in [-0.39, 0.29) is 23.1 Å². The van der Waals surface area contributed by atoms with Gasteiger partial charge >= 0.3 is 5.97 Å². The molecule has 254 valence electrons. The summed E-state index contributed by atoms with van der Waals surface area (Å²) in [6.45, 7) is 4.98. The number of azo groups is 1. The van der Waals surface area contributed by atoms with Gasteiger partial charge in [0.25, 0.3) is 10.1 Å². The molecular weight excluding hydrogens is 647 g/mol. The molecule has 0 atom stereocenters. The molecule has 13 nitrogen and oxygen atoms in total. The number of imide groups is 1. The average molecular weight is 689 g/mol. The Morgan fingerprint density at radius 3 is 2.19 bits per heavy atom. The van der Waals surface area contributed by atoms with Crippen molar-refractivity contribution >= 4 is 67.8 Å². The molecule has 0 aliphatic carbocycles. The van der Waals surface area contributed by atoms with Crippen LogP contribution in [0.5, 0.6) is 0 Å². The van der Waals surface area contributed by atoms with Gasteiger partial charge in [0.15, 0.2) is 0 Å². The van der Waals surface area contributed by atoms with Crippen LogP contribution in [-0.4, -0.2) is 67.6 Å². The maximum atomic E-state index is 12.1. The fourth-order valence-electron chi connectivity index (χ4n) is 5.09. The Bertz CT molecular complexity index is 1710. The largest absolute Gasteiger partial charge is 0.481 e. The van der Waals surface area contributed by atoms with Crippen LogP contribution in [0, 0.1) is 0 Å². The summed E-state index contributed by atoms with van der Waals surface area (Å²) in [4.78, 5) is 33.0. The number of hydrogen-bond acceptors (Lipinski definition) is 10. The number of rotatable bonds is 14. The molecule has 4 rings (SSSR count). The molecule has 0 radical (unpaired) electrons. The monoisotopic (exact) mass is 688 g/mol. The van der Waals surface area contributed by atoms with E-state index < -0.39 is 21.5 Å². The van der Waals surface area contributed by atoms with Crippen molar-refractivity contribution in [3.05, 3.63) is 54.1 Å². The molecule has 1 saturated heterocycles. The molecule has 0 unspecified atom stereocenters. The minimum absolute atomic E-state index is 0.136. The number of carboxylic acids is 1. The van der Waals surface area contributed by atoms with Crippen molar-refractivity contribution < 1.29 is 42.3 Å². The summed E-state index contributed by atoms with van der Waals surface area (Å²) in [6.07, 6.45) is 3.06. The standard InChI is InChI=1S/C28H36N4O6S2.C4H5NO2/c1-28(2,18-30-31-19-9-11-20(12-10-19)32(3)4)27-23-16-21(40(36,37)38)17-25(39-35)22(23)13-14-24(27)29-15-7-5-6-8-26(33)34;6-3-1-2-4(7)5-3/h9-14,16-17,29,35H,5-8,15,18H2,1-4H3,(H,33,34)(H,36,37,38);1-2H2,(H,5,6,7)/p+1. The Morgan fingerprint density at radius 2 is 1.66 bits per heavy atom. The van der Waals surface area contributed by atoms with E-state index in [4.69, 9.17) is 5.11 Å². The predicted molar refractivity (Wildman–Crippen MR) is 180 cm³/mol. The number of aliphatic carboxylic acids is 1. The lowest BCUT2D eigenvalue weighted by Gasteiger charge is -2.26. The van der Waals surface area contributed by atoms with Gasteiger partial charge in [-0.3, -0.25) is 24.3 Å². The molecule has 1 heterocycles. The van der Waals surface area contributed by atoms with E-state index in [9.17, 15) is 31.9 Å². The van der Waals surface area contributed by atoms with E-state index >= 15 is 0 Å². The number of benzene rings is 3. The zero-order valence-corrected chi connectivity index (χ0v) is 28.5. The Labute approximate surface area is 278 Å². The molecule has 0 saturated carbocycles. The number of nitrogens with two attached hydrogens (primary N) is 1. The highest BCUT2D eigenvalue weighted by Gasteiger charge is 2.30. The molecule has 15 heteroatoms. The normalized spacial score (nSPS) is 13.5. The molecule has 3 aromatic carbocycles. The second-order valence-corrected chi connectivity index (χ2v) is 14.0. The zero-order valence-electron chi connectivity index (χ0n) is 26.9. The van der Waals surface area contributed by atoms with Crippen LogP contribution in [0.3, 0.4) is 0 Å². The Balaban J connectivity index is 0.000000756. The maximum absolute atomic E-state index is 12.1. The second kappa shape index (κ2) is 16.8. The summed E-state index contributed by atoms with van der Waals surface area (Å²) >= 11 is 0.422. The minimum atomic E-state index is -4.53. The van der Waals surface area contributed by atoms with E-state index in [1.54, 1.807) is 0 Å². The number of fused-ring (bicyclic) bond motifs is 1. The lowest BCUT2D eigenvalue weighted by Crippen LogP contribution is -2.78. The van der Waals surface area contributed by atoms with E-state index in [1.807, 2.05) is 69.2 Å². The van der Waals surface area contributed by atoms with Crippen molar-refractivity contribution in [1.29, 1.82) is 0 Å². The minimum Gasteiger partial charge on any atom is -0.481 e. The second-order valence-electron chi connectivity index (χ2n) is 12.0. The number of unbranched alkanes of at least 4 members (excludes halogenated alkanes) is 2. The Kier molecular flexibility index (Phi) is 13.4. The topological polar surface area (TPSA) is 203 Å². The first kappa shape index (κ1) is 37.6. The van der Waals surface area contributed by atoms with E-state index in [0.717, 1.165) is 29.8 Å². The number of nitrogens with one attached hydrogen (secondary N) is 1. The molecule has 47 heavy (non-hydrogen) atoms. The van der Waals surface area contributed by atoms with Crippen molar-refractivity contribution in [3.8, 4) is 0 Å². The third-order valence-corrected chi connectivity index (χ3v) is 8.88. The summed E-state index contributed by atoms with van der Waals surface area (Å²) in [5.41, 5.74) is 2.84. The van der Waals surface area contributed by atoms with Crippen molar-refractivity contribution in [1.82, 2.24) is 5.32 Å². The molecule has 3 aromatic rings. The quantitative estimate of drug-likeness (QED) is 0.0381. The first-order valence-corrected chi connectivity index (χ1v) is 17.3. The average Bonchev–Trinajstić information content (AvgIpc) is 3.39. The van der Waals surface area contributed by atoms with Gasteiger partial charge in [-0.15, -0.1) is 0 Å². The highest BCUT2D eigenvalue weighted by Crippen LogP contribution is 2.40. The fraction of sp³-hybridized carbons (Fsp3) is 0.406. The third-order valence-electron chi connectivity index (χ3n) is 7.51. The smallest absolute Gasteiger partial charge is 0.303 e. The first-order chi connectivity index (χ1) is 22.1. The highest BCUT2D eigenvalue weighted by atomic mass is 32.2. The van der Waals surface area contributed by atoms with Crippen molar-refractivity contribution in [2.24, 2.45) is 10.2 Å². The molecule has 0 aromatic heterocycles.